The van der Waals surface area contributed by atoms with Gasteiger partial charge in [-0.25, -0.2) is 9.48 Å². The molecule has 0 N–H and O–H groups in total. The lowest BCUT2D eigenvalue weighted by Crippen LogP contribution is -2.45. The summed E-state index contributed by atoms with van der Waals surface area (Å²) < 4.78 is 13.0. The molecule has 1 aromatic carbocycles. The molecule has 1 saturated heterocycles. The van der Waals surface area contributed by atoms with Crippen molar-refractivity contribution in [2.75, 3.05) is 32.8 Å². The Hall–Kier alpha value is -2.18. The fraction of sp³-hybridized carbons (Fsp3) is 0.500. The second-order valence-electron chi connectivity index (χ2n) is 7.14. The summed E-state index contributed by atoms with van der Waals surface area (Å²) in [6, 6.07) is 9.74. The van der Waals surface area contributed by atoms with Crippen molar-refractivity contribution >= 4 is 5.97 Å². The molecule has 0 spiro atoms. The summed E-state index contributed by atoms with van der Waals surface area (Å²) in [7, 11) is 0. The molecule has 1 atom stereocenters. The zero-order chi connectivity index (χ0) is 18.5. The van der Waals surface area contributed by atoms with Gasteiger partial charge in [0.1, 0.15) is 18.3 Å². The molecule has 1 aliphatic heterocycles. The highest BCUT2D eigenvalue weighted by atomic mass is 16.6. The maximum absolute atomic E-state index is 12.5. The summed E-state index contributed by atoms with van der Waals surface area (Å²) in [6.07, 6.45) is 1.49. The molecule has 6 nitrogen and oxygen atoms in total. The molecule has 2 heterocycles. The van der Waals surface area contributed by atoms with Gasteiger partial charge in [-0.05, 0) is 25.0 Å². The first-order valence-corrected chi connectivity index (χ1v) is 9.15. The Kier molecular flexibility index (Phi) is 6.06. The first-order valence-electron chi connectivity index (χ1n) is 9.15. The summed E-state index contributed by atoms with van der Waals surface area (Å²) >= 11 is 0. The van der Waals surface area contributed by atoms with E-state index in [-0.39, 0.29) is 18.7 Å². The van der Waals surface area contributed by atoms with Crippen molar-refractivity contribution in [2.45, 2.75) is 26.9 Å². The Balaban J connectivity index is 1.58. The predicted octanol–water partition coefficient (Wildman–Crippen LogP) is 2.69. The fourth-order valence-corrected chi connectivity index (χ4v) is 3.25. The summed E-state index contributed by atoms with van der Waals surface area (Å²) in [6.45, 7) is 10.0. The summed E-state index contributed by atoms with van der Waals surface area (Å²) in [5.41, 5.74) is 2.18. The molecule has 140 valence electrons. The highest BCUT2D eigenvalue weighted by molar-refractivity contribution is 5.90. The molecule has 26 heavy (non-hydrogen) atoms. The Bertz CT molecular complexity index is 727. The SMILES string of the molecule is Cc1c(C(=O)OCC2CN(CC(C)C)CCO2)cnn1-c1ccccc1. The lowest BCUT2D eigenvalue weighted by Gasteiger charge is -2.33. The number of nitrogens with zero attached hydrogens (tertiary/aromatic N) is 3. The maximum atomic E-state index is 12.5. The van der Waals surface area contributed by atoms with Crippen LogP contribution in [0.1, 0.15) is 29.9 Å². The molecule has 6 heteroatoms. The summed E-state index contributed by atoms with van der Waals surface area (Å²) in [5.74, 6) is 0.261. The molecule has 1 aromatic heterocycles. The van der Waals surface area contributed by atoms with Crippen molar-refractivity contribution in [3.8, 4) is 5.69 Å². The Morgan fingerprint density at radius 2 is 2.12 bits per heavy atom. The second kappa shape index (κ2) is 8.47. The van der Waals surface area contributed by atoms with Gasteiger partial charge in [-0.2, -0.15) is 5.10 Å². The van der Waals surface area contributed by atoms with Gasteiger partial charge in [0.05, 0.1) is 24.2 Å². The molecule has 2 aromatic rings. The van der Waals surface area contributed by atoms with Gasteiger partial charge in [-0.15, -0.1) is 0 Å². The van der Waals surface area contributed by atoms with E-state index < -0.39 is 0 Å². The van der Waals surface area contributed by atoms with Crippen molar-refractivity contribution in [2.24, 2.45) is 5.92 Å². The van der Waals surface area contributed by atoms with E-state index in [1.807, 2.05) is 37.3 Å². The third-order valence-corrected chi connectivity index (χ3v) is 4.48. The van der Waals surface area contributed by atoms with Crippen molar-refractivity contribution in [3.63, 3.8) is 0 Å². The van der Waals surface area contributed by atoms with Crippen LogP contribution in [0.15, 0.2) is 36.5 Å². The van der Waals surface area contributed by atoms with Gasteiger partial charge in [-0.3, -0.25) is 4.90 Å². The van der Waals surface area contributed by atoms with Gasteiger partial charge >= 0.3 is 5.97 Å². The van der Waals surface area contributed by atoms with Crippen LogP contribution in [-0.2, 0) is 9.47 Å². The zero-order valence-corrected chi connectivity index (χ0v) is 15.7. The average molecular weight is 357 g/mol. The molecule has 0 amide bonds. The van der Waals surface area contributed by atoms with Crippen LogP contribution in [0.2, 0.25) is 0 Å². The average Bonchev–Trinajstić information content (AvgIpc) is 3.02. The van der Waals surface area contributed by atoms with Crippen LogP contribution in [0.25, 0.3) is 5.69 Å². The number of esters is 1. The molecule has 1 aliphatic rings. The van der Waals surface area contributed by atoms with E-state index in [0.29, 0.717) is 18.1 Å². The third-order valence-electron chi connectivity index (χ3n) is 4.48. The largest absolute Gasteiger partial charge is 0.459 e. The molecule has 3 rings (SSSR count). The molecule has 1 fully saturated rings. The number of carbonyl (C=O) groups excluding carboxylic acids is 1. The lowest BCUT2D eigenvalue weighted by molar-refractivity contribution is -0.0612. The minimum Gasteiger partial charge on any atom is -0.459 e. The van der Waals surface area contributed by atoms with E-state index in [4.69, 9.17) is 9.47 Å². The third kappa shape index (κ3) is 4.51. The number of ether oxygens (including phenoxy) is 2. The quantitative estimate of drug-likeness (QED) is 0.744. The van der Waals surface area contributed by atoms with Crippen LogP contribution in [-0.4, -0.2) is 59.6 Å². The van der Waals surface area contributed by atoms with Crippen molar-refractivity contribution in [3.05, 3.63) is 47.8 Å². The molecule has 1 unspecified atom stereocenters. The molecule has 0 bridgehead atoms. The van der Waals surface area contributed by atoms with Gasteiger partial charge in [0, 0.05) is 19.6 Å². The van der Waals surface area contributed by atoms with E-state index in [2.05, 4.69) is 23.8 Å². The van der Waals surface area contributed by atoms with E-state index in [1.54, 1.807) is 10.9 Å². The van der Waals surface area contributed by atoms with Gasteiger partial charge < -0.3 is 9.47 Å². The molecular weight excluding hydrogens is 330 g/mol. The normalized spacial score (nSPS) is 18.2. The van der Waals surface area contributed by atoms with E-state index in [9.17, 15) is 4.79 Å². The Labute approximate surface area is 154 Å². The molecule has 0 aliphatic carbocycles. The highest BCUT2D eigenvalue weighted by Gasteiger charge is 2.23. The lowest BCUT2D eigenvalue weighted by atomic mass is 10.2. The fourth-order valence-electron chi connectivity index (χ4n) is 3.25. The monoisotopic (exact) mass is 357 g/mol. The zero-order valence-electron chi connectivity index (χ0n) is 15.7. The Morgan fingerprint density at radius 3 is 2.85 bits per heavy atom. The Morgan fingerprint density at radius 1 is 1.35 bits per heavy atom. The summed E-state index contributed by atoms with van der Waals surface area (Å²) in [5, 5.41) is 4.32. The molecular formula is C20H27N3O3. The number of rotatable bonds is 6. The van der Waals surface area contributed by atoms with Gasteiger partial charge in [-0.1, -0.05) is 32.0 Å². The second-order valence-corrected chi connectivity index (χ2v) is 7.14. The van der Waals surface area contributed by atoms with Crippen molar-refractivity contribution in [1.82, 2.24) is 14.7 Å². The van der Waals surface area contributed by atoms with Gasteiger partial charge in [0.2, 0.25) is 0 Å². The first kappa shape index (κ1) is 18.6. The standard InChI is InChI=1S/C20H27N3O3/c1-15(2)12-22-9-10-25-18(13-22)14-26-20(24)19-11-21-23(16(19)3)17-7-5-4-6-8-17/h4-8,11,15,18H,9-10,12-14H2,1-3H3. The number of hydrogen-bond acceptors (Lipinski definition) is 5. The first-order chi connectivity index (χ1) is 12.5. The van der Waals surface area contributed by atoms with Crippen LogP contribution in [0.5, 0.6) is 0 Å². The number of hydrogen-bond donors (Lipinski definition) is 0. The van der Waals surface area contributed by atoms with Crippen LogP contribution < -0.4 is 0 Å². The molecule has 0 radical (unpaired) electrons. The van der Waals surface area contributed by atoms with E-state index >= 15 is 0 Å². The number of carbonyl (C=O) groups is 1. The van der Waals surface area contributed by atoms with Crippen LogP contribution >= 0.6 is 0 Å². The minimum atomic E-state index is -0.353. The van der Waals surface area contributed by atoms with Crippen molar-refractivity contribution in [1.29, 1.82) is 0 Å². The predicted molar refractivity (Wildman–Crippen MR) is 99.6 cm³/mol. The number of para-hydroxylation sites is 1. The number of benzene rings is 1. The minimum absolute atomic E-state index is 0.0732. The number of aromatic nitrogens is 2. The van der Waals surface area contributed by atoms with E-state index in [1.165, 1.54) is 0 Å². The topological polar surface area (TPSA) is 56.6 Å². The summed E-state index contributed by atoms with van der Waals surface area (Å²) in [4.78, 5) is 14.8. The van der Waals surface area contributed by atoms with Crippen LogP contribution in [0, 0.1) is 12.8 Å². The van der Waals surface area contributed by atoms with Crippen LogP contribution in [0.3, 0.4) is 0 Å². The highest BCUT2D eigenvalue weighted by Crippen LogP contribution is 2.15. The van der Waals surface area contributed by atoms with E-state index in [0.717, 1.165) is 31.0 Å². The van der Waals surface area contributed by atoms with Gasteiger partial charge in [0.15, 0.2) is 0 Å². The molecule has 0 saturated carbocycles. The van der Waals surface area contributed by atoms with Crippen LogP contribution in [0.4, 0.5) is 0 Å². The smallest absolute Gasteiger partial charge is 0.341 e. The van der Waals surface area contributed by atoms with Crippen molar-refractivity contribution < 1.29 is 14.3 Å². The van der Waals surface area contributed by atoms with Gasteiger partial charge in [0.25, 0.3) is 0 Å². The maximum Gasteiger partial charge on any atom is 0.341 e. The number of morpholine rings is 1.